The van der Waals surface area contributed by atoms with Gasteiger partial charge in [0.15, 0.2) is 0 Å². The van der Waals surface area contributed by atoms with Crippen molar-refractivity contribution in [3.8, 4) is 0 Å². The lowest BCUT2D eigenvalue weighted by molar-refractivity contribution is -0.120. The van der Waals surface area contributed by atoms with Gasteiger partial charge in [-0.05, 0) is 37.8 Å². The van der Waals surface area contributed by atoms with Gasteiger partial charge in [0.25, 0.3) is 0 Å². The first-order valence-corrected chi connectivity index (χ1v) is 7.53. The van der Waals surface area contributed by atoms with E-state index in [0.29, 0.717) is 6.04 Å². The molecule has 1 heterocycles. The molecule has 1 amide bonds. The lowest BCUT2D eigenvalue weighted by atomic mass is 10.0. The van der Waals surface area contributed by atoms with Gasteiger partial charge in [-0.3, -0.25) is 4.79 Å². The first-order chi connectivity index (χ1) is 9.78. The summed E-state index contributed by atoms with van der Waals surface area (Å²) >= 11 is 0. The molecule has 0 atom stereocenters. The van der Waals surface area contributed by atoms with Crippen LogP contribution in [0.25, 0.3) is 0 Å². The van der Waals surface area contributed by atoms with Gasteiger partial charge in [-0.2, -0.15) is 0 Å². The number of piperidine rings is 1. The lowest BCUT2D eigenvalue weighted by Gasteiger charge is -2.32. The molecule has 0 aromatic heterocycles. The molecule has 22 heavy (non-hydrogen) atoms. The number of nitrogens with two attached hydrogens (primary N) is 1. The minimum absolute atomic E-state index is 0. The Morgan fingerprint density at radius 2 is 1.82 bits per heavy atom. The first-order valence-electron chi connectivity index (χ1n) is 7.53. The molecule has 0 saturated carbocycles. The minimum Gasteiger partial charge on any atom is -0.352 e. The summed E-state index contributed by atoms with van der Waals surface area (Å²) in [5.74, 6) is -0.0347. The van der Waals surface area contributed by atoms with Crippen LogP contribution in [0.15, 0.2) is 30.3 Å². The summed E-state index contributed by atoms with van der Waals surface area (Å²) in [6.07, 6.45) is 4.42. The predicted molar refractivity (Wildman–Crippen MR) is 95.9 cm³/mol. The molecule has 1 saturated heterocycles. The van der Waals surface area contributed by atoms with Gasteiger partial charge in [-0.25, -0.2) is 0 Å². The number of hydrogen-bond acceptors (Lipinski definition) is 3. The van der Waals surface area contributed by atoms with E-state index < -0.39 is 0 Å². The molecule has 126 valence electrons. The van der Waals surface area contributed by atoms with E-state index in [1.165, 1.54) is 12.0 Å². The minimum atomic E-state index is -0.0347. The Kier molecular flexibility index (Phi) is 11.3. The van der Waals surface area contributed by atoms with Gasteiger partial charge >= 0.3 is 0 Å². The Balaban J connectivity index is 0.00000220. The number of amides is 1. The highest BCUT2D eigenvalue weighted by atomic mass is 35.5. The van der Waals surface area contributed by atoms with E-state index in [-0.39, 0.29) is 37.3 Å². The van der Waals surface area contributed by atoms with Gasteiger partial charge in [0, 0.05) is 19.1 Å². The zero-order chi connectivity index (χ0) is 14.2. The maximum absolute atomic E-state index is 11.2. The molecular weight excluding hydrogens is 321 g/mol. The molecule has 6 heteroatoms. The summed E-state index contributed by atoms with van der Waals surface area (Å²) in [4.78, 5) is 13.7. The molecule has 0 radical (unpaired) electrons. The largest absolute Gasteiger partial charge is 0.352 e. The van der Waals surface area contributed by atoms with E-state index in [0.717, 1.165) is 38.9 Å². The number of carbonyl (C=O) groups excluding carboxylic acids is 1. The van der Waals surface area contributed by atoms with Gasteiger partial charge in [0.05, 0.1) is 6.54 Å². The standard InChI is InChI=1S/C16H25N3O.2ClH/c17-13-16(20)18-15-8-11-19(12-9-15)10-4-7-14-5-2-1-3-6-14;;/h1-3,5-6,15H,4,7-13,17H2,(H,18,20);2*1H. The van der Waals surface area contributed by atoms with E-state index in [1.807, 2.05) is 0 Å². The van der Waals surface area contributed by atoms with Crippen LogP contribution in [0.4, 0.5) is 0 Å². The summed E-state index contributed by atoms with van der Waals surface area (Å²) < 4.78 is 0. The number of likely N-dealkylation sites (tertiary alicyclic amines) is 1. The Labute approximate surface area is 145 Å². The molecule has 1 fully saturated rings. The zero-order valence-corrected chi connectivity index (χ0v) is 14.5. The number of aryl methyl sites for hydroxylation is 1. The van der Waals surface area contributed by atoms with E-state index in [4.69, 9.17) is 5.73 Å². The van der Waals surface area contributed by atoms with Crippen molar-refractivity contribution >= 4 is 30.7 Å². The van der Waals surface area contributed by atoms with E-state index in [1.54, 1.807) is 0 Å². The molecule has 0 aliphatic carbocycles. The molecule has 0 bridgehead atoms. The van der Waals surface area contributed by atoms with Crippen molar-refractivity contribution in [3.05, 3.63) is 35.9 Å². The fourth-order valence-corrected chi connectivity index (χ4v) is 2.74. The molecule has 3 N–H and O–H groups in total. The van der Waals surface area contributed by atoms with Crippen LogP contribution in [-0.4, -0.2) is 43.0 Å². The Hall–Kier alpha value is -0.810. The summed E-state index contributed by atoms with van der Waals surface area (Å²) in [5.41, 5.74) is 6.73. The lowest BCUT2D eigenvalue weighted by Crippen LogP contribution is -2.46. The molecular formula is C16H27Cl2N3O. The monoisotopic (exact) mass is 347 g/mol. The summed E-state index contributed by atoms with van der Waals surface area (Å²) in [6, 6.07) is 11.0. The number of rotatable bonds is 6. The van der Waals surface area contributed by atoms with Gasteiger partial charge in [0.1, 0.15) is 0 Å². The zero-order valence-electron chi connectivity index (χ0n) is 12.9. The molecule has 1 aromatic rings. The summed E-state index contributed by atoms with van der Waals surface area (Å²) in [5, 5.41) is 2.98. The summed E-state index contributed by atoms with van der Waals surface area (Å²) in [7, 11) is 0. The second-order valence-electron chi connectivity index (χ2n) is 5.48. The Morgan fingerprint density at radius 3 is 2.41 bits per heavy atom. The SMILES string of the molecule is Cl.Cl.NCC(=O)NC1CCN(CCCc2ccccc2)CC1. The van der Waals surface area contributed by atoms with Crippen molar-refractivity contribution in [2.24, 2.45) is 5.73 Å². The molecule has 0 spiro atoms. The molecule has 1 aliphatic rings. The van der Waals surface area contributed by atoms with Crippen LogP contribution in [0.3, 0.4) is 0 Å². The first kappa shape index (κ1) is 21.2. The molecule has 1 aliphatic heterocycles. The van der Waals surface area contributed by atoms with Gasteiger partial charge in [-0.15, -0.1) is 24.8 Å². The molecule has 1 aromatic carbocycles. The Bertz CT molecular complexity index is 409. The number of nitrogens with zero attached hydrogens (tertiary/aromatic N) is 1. The third kappa shape index (κ3) is 7.45. The van der Waals surface area contributed by atoms with Gasteiger partial charge < -0.3 is 16.0 Å². The van der Waals surface area contributed by atoms with Gasteiger partial charge in [-0.1, -0.05) is 30.3 Å². The maximum atomic E-state index is 11.2. The highest BCUT2D eigenvalue weighted by molar-refractivity contribution is 5.85. The smallest absolute Gasteiger partial charge is 0.233 e. The van der Waals surface area contributed by atoms with Crippen LogP contribution in [-0.2, 0) is 11.2 Å². The van der Waals surface area contributed by atoms with Crippen molar-refractivity contribution in [2.75, 3.05) is 26.2 Å². The van der Waals surface area contributed by atoms with Crippen LogP contribution in [0.5, 0.6) is 0 Å². The number of hydrogen-bond donors (Lipinski definition) is 2. The number of benzene rings is 1. The van der Waals surface area contributed by atoms with Gasteiger partial charge in [0.2, 0.25) is 5.91 Å². The highest BCUT2D eigenvalue weighted by Crippen LogP contribution is 2.11. The van der Waals surface area contributed by atoms with Crippen molar-refractivity contribution in [1.29, 1.82) is 0 Å². The number of halogens is 2. The van der Waals surface area contributed by atoms with Crippen molar-refractivity contribution in [2.45, 2.75) is 31.7 Å². The summed E-state index contributed by atoms with van der Waals surface area (Å²) in [6.45, 7) is 3.39. The third-order valence-electron chi connectivity index (χ3n) is 3.92. The topological polar surface area (TPSA) is 58.4 Å². The average molecular weight is 348 g/mol. The van der Waals surface area contributed by atoms with E-state index in [2.05, 4.69) is 40.5 Å². The van der Waals surface area contributed by atoms with E-state index >= 15 is 0 Å². The molecule has 4 nitrogen and oxygen atoms in total. The predicted octanol–water partition coefficient (Wildman–Crippen LogP) is 2.00. The second-order valence-corrected chi connectivity index (χ2v) is 5.48. The molecule has 2 rings (SSSR count). The van der Waals surface area contributed by atoms with Crippen LogP contribution < -0.4 is 11.1 Å². The fourth-order valence-electron chi connectivity index (χ4n) is 2.74. The Morgan fingerprint density at radius 1 is 1.18 bits per heavy atom. The second kappa shape index (κ2) is 11.7. The maximum Gasteiger partial charge on any atom is 0.233 e. The van der Waals surface area contributed by atoms with Crippen LogP contribution in [0, 0.1) is 0 Å². The average Bonchev–Trinajstić information content (AvgIpc) is 2.50. The number of carbonyl (C=O) groups is 1. The highest BCUT2D eigenvalue weighted by Gasteiger charge is 2.19. The fraction of sp³-hybridized carbons (Fsp3) is 0.562. The van der Waals surface area contributed by atoms with Crippen LogP contribution >= 0.6 is 24.8 Å². The third-order valence-corrected chi connectivity index (χ3v) is 3.92. The van der Waals surface area contributed by atoms with Crippen molar-refractivity contribution in [3.63, 3.8) is 0 Å². The molecule has 0 unspecified atom stereocenters. The van der Waals surface area contributed by atoms with Crippen molar-refractivity contribution in [1.82, 2.24) is 10.2 Å². The number of nitrogens with one attached hydrogen (secondary N) is 1. The van der Waals surface area contributed by atoms with Crippen LogP contribution in [0.2, 0.25) is 0 Å². The van der Waals surface area contributed by atoms with E-state index in [9.17, 15) is 4.79 Å². The van der Waals surface area contributed by atoms with Crippen LogP contribution in [0.1, 0.15) is 24.8 Å². The normalized spacial score (nSPS) is 15.5. The van der Waals surface area contributed by atoms with Crippen molar-refractivity contribution < 1.29 is 4.79 Å². The quantitative estimate of drug-likeness (QED) is 0.827.